The van der Waals surface area contributed by atoms with Crippen LogP contribution in [0.3, 0.4) is 0 Å². The molecule has 0 saturated carbocycles. The van der Waals surface area contributed by atoms with Gasteiger partial charge in [-0.3, -0.25) is 9.36 Å². The molecule has 29 heavy (non-hydrogen) atoms. The van der Waals surface area contributed by atoms with Crippen molar-refractivity contribution in [3.05, 3.63) is 58.0 Å². The monoisotopic (exact) mass is 423 g/mol. The van der Waals surface area contributed by atoms with Crippen LogP contribution in [0.5, 0.6) is 0 Å². The summed E-state index contributed by atoms with van der Waals surface area (Å²) < 4.78 is 29.2. The van der Waals surface area contributed by atoms with Crippen molar-refractivity contribution in [1.29, 1.82) is 0 Å². The van der Waals surface area contributed by atoms with Gasteiger partial charge in [-0.2, -0.15) is 0 Å². The molecule has 4 rings (SSSR count). The summed E-state index contributed by atoms with van der Waals surface area (Å²) in [6, 6.07) is 3.29. The van der Waals surface area contributed by atoms with Gasteiger partial charge in [-0.05, 0) is 24.6 Å². The van der Waals surface area contributed by atoms with Crippen LogP contribution in [0.25, 0.3) is 16.9 Å². The Morgan fingerprint density at radius 1 is 1.31 bits per heavy atom. The molecule has 0 aliphatic carbocycles. The Balaban J connectivity index is 0.00000240. The first-order valence-electron chi connectivity index (χ1n) is 8.47. The number of fused-ring (bicyclic) bond motifs is 1. The summed E-state index contributed by atoms with van der Waals surface area (Å²) in [7, 11) is 0. The second-order valence-corrected chi connectivity index (χ2v) is 6.54. The molecule has 0 amide bonds. The molecule has 0 spiro atoms. The fourth-order valence-corrected chi connectivity index (χ4v) is 3.25. The van der Waals surface area contributed by atoms with E-state index >= 15 is 0 Å². The first-order valence-corrected chi connectivity index (χ1v) is 8.47. The minimum absolute atomic E-state index is 0. The van der Waals surface area contributed by atoms with Gasteiger partial charge in [0.25, 0.3) is 0 Å². The Kier molecular flexibility index (Phi) is 5.49. The van der Waals surface area contributed by atoms with Crippen LogP contribution in [0.2, 0.25) is 0 Å². The molecule has 0 radical (unpaired) electrons. The molecule has 1 aliphatic rings. The number of rotatable bonds is 3. The predicted octanol–water partition coefficient (Wildman–Crippen LogP) is 1.72. The van der Waals surface area contributed by atoms with Crippen LogP contribution in [0, 0.1) is 11.6 Å². The summed E-state index contributed by atoms with van der Waals surface area (Å²) in [4.78, 5) is 33.9. The van der Waals surface area contributed by atoms with E-state index in [9.17, 15) is 23.5 Å². The molecular weight excluding hydrogens is 408 g/mol. The van der Waals surface area contributed by atoms with Crippen molar-refractivity contribution in [1.82, 2.24) is 14.5 Å². The van der Waals surface area contributed by atoms with E-state index in [1.54, 1.807) is 4.90 Å². The Hall–Kier alpha value is -3.11. The zero-order valence-electron chi connectivity index (χ0n) is 14.9. The summed E-state index contributed by atoms with van der Waals surface area (Å²) in [6.45, 7) is 0.907. The lowest BCUT2D eigenvalue weighted by Gasteiger charge is -2.19. The van der Waals surface area contributed by atoms with E-state index in [1.807, 2.05) is 0 Å². The van der Waals surface area contributed by atoms with Crippen LogP contribution < -0.4 is 16.1 Å². The fourth-order valence-electron chi connectivity index (χ4n) is 3.25. The molecule has 0 aromatic carbocycles. The number of aromatic carboxylic acids is 1. The maximum atomic E-state index is 14.7. The quantitative estimate of drug-likeness (QED) is 0.659. The van der Waals surface area contributed by atoms with Crippen LogP contribution >= 0.6 is 12.4 Å². The average Bonchev–Trinajstić information content (AvgIpc) is 3.09. The number of nitrogens with two attached hydrogens (primary N) is 1. The molecule has 1 aliphatic heterocycles. The third-order valence-corrected chi connectivity index (χ3v) is 4.63. The molecule has 1 saturated heterocycles. The Morgan fingerprint density at radius 2 is 2.07 bits per heavy atom. The standard InChI is InChI=1S/C18H15F2N5O3.ClH/c19-9-1-2-14(22-6-9)25-8-12(18(27)28)15(26)11-5-13(20)17(23-16(11)25)24-4-3-10(21)7-24;/h1-2,5-6,8,10H,3-4,7,21H2,(H,27,28);1H. The number of anilines is 1. The van der Waals surface area contributed by atoms with Crippen molar-refractivity contribution in [3.8, 4) is 5.82 Å². The second-order valence-electron chi connectivity index (χ2n) is 6.54. The molecule has 0 bridgehead atoms. The topological polar surface area (TPSA) is 114 Å². The van der Waals surface area contributed by atoms with Crippen molar-refractivity contribution < 1.29 is 18.7 Å². The van der Waals surface area contributed by atoms with Crippen molar-refractivity contribution in [2.45, 2.75) is 12.5 Å². The van der Waals surface area contributed by atoms with E-state index in [4.69, 9.17) is 5.73 Å². The first-order chi connectivity index (χ1) is 13.3. The number of carbonyl (C=O) groups is 1. The van der Waals surface area contributed by atoms with Crippen LogP contribution in [0.1, 0.15) is 16.8 Å². The lowest BCUT2D eigenvalue weighted by atomic mass is 10.2. The zero-order chi connectivity index (χ0) is 20.0. The lowest BCUT2D eigenvalue weighted by Crippen LogP contribution is -2.28. The average molecular weight is 424 g/mol. The maximum Gasteiger partial charge on any atom is 0.341 e. The molecule has 4 heterocycles. The maximum absolute atomic E-state index is 14.7. The number of pyridine rings is 3. The van der Waals surface area contributed by atoms with Crippen molar-refractivity contribution in [2.24, 2.45) is 5.73 Å². The highest BCUT2D eigenvalue weighted by Gasteiger charge is 2.25. The van der Waals surface area contributed by atoms with Gasteiger partial charge < -0.3 is 15.7 Å². The molecule has 1 unspecified atom stereocenters. The van der Waals surface area contributed by atoms with E-state index in [0.29, 0.717) is 19.5 Å². The number of hydrogen-bond acceptors (Lipinski definition) is 6. The second kappa shape index (κ2) is 7.72. The normalized spacial score (nSPS) is 16.1. The van der Waals surface area contributed by atoms with Crippen molar-refractivity contribution >= 4 is 35.2 Å². The number of hydrogen-bond donors (Lipinski definition) is 2. The van der Waals surface area contributed by atoms with Gasteiger partial charge in [0.1, 0.15) is 17.2 Å². The van der Waals surface area contributed by atoms with Gasteiger partial charge in [0, 0.05) is 25.3 Å². The van der Waals surface area contributed by atoms with Crippen LogP contribution in [0.4, 0.5) is 14.6 Å². The lowest BCUT2D eigenvalue weighted by molar-refractivity contribution is 0.0695. The Labute approximate surface area is 169 Å². The van der Waals surface area contributed by atoms with Crippen molar-refractivity contribution in [3.63, 3.8) is 0 Å². The molecule has 3 aromatic rings. The van der Waals surface area contributed by atoms with Gasteiger partial charge in [-0.15, -0.1) is 12.4 Å². The summed E-state index contributed by atoms with van der Waals surface area (Å²) in [5.74, 6) is -2.66. The molecule has 11 heteroatoms. The van der Waals surface area contributed by atoms with Crippen LogP contribution in [-0.4, -0.2) is 44.7 Å². The summed E-state index contributed by atoms with van der Waals surface area (Å²) in [5.41, 5.74) is 4.46. The number of halogens is 3. The number of carboxylic acids is 1. The van der Waals surface area contributed by atoms with Crippen molar-refractivity contribution in [2.75, 3.05) is 18.0 Å². The largest absolute Gasteiger partial charge is 0.477 e. The molecule has 3 N–H and O–H groups in total. The molecule has 3 aromatic heterocycles. The first kappa shape index (κ1) is 20.6. The molecule has 1 atom stereocenters. The van der Waals surface area contributed by atoms with E-state index in [0.717, 1.165) is 24.5 Å². The van der Waals surface area contributed by atoms with Gasteiger partial charge in [0.15, 0.2) is 17.3 Å². The minimum atomic E-state index is -1.47. The Bertz CT molecular complexity index is 1150. The van der Waals surface area contributed by atoms with Crippen LogP contribution in [-0.2, 0) is 0 Å². The predicted molar refractivity (Wildman–Crippen MR) is 104 cm³/mol. The van der Waals surface area contributed by atoms with E-state index in [1.165, 1.54) is 10.6 Å². The SMILES string of the molecule is Cl.NC1CCN(c2nc3c(cc2F)c(=O)c(C(=O)O)cn3-c2ccc(F)cn2)C1. The molecular formula is C18H16ClF2N5O3. The minimum Gasteiger partial charge on any atom is -0.477 e. The van der Waals surface area contributed by atoms with Gasteiger partial charge in [-0.1, -0.05) is 0 Å². The van der Waals surface area contributed by atoms with Crippen LogP contribution in [0.15, 0.2) is 35.4 Å². The zero-order valence-corrected chi connectivity index (χ0v) is 15.7. The highest BCUT2D eigenvalue weighted by Crippen LogP contribution is 2.25. The fraction of sp³-hybridized carbons (Fsp3) is 0.222. The molecule has 152 valence electrons. The number of aromatic nitrogens is 3. The van der Waals surface area contributed by atoms with E-state index < -0.39 is 28.6 Å². The summed E-state index contributed by atoms with van der Waals surface area (Å²) >= 11 is 0. The third-order valence-electron chi connectivity index (χ3n) is 4.63. The third kappa shape index (κ3) is 3.64. The van der Waals surface area contributed by atoms with Gasteiger partial charge in [0.05, 0.1) is 11.6 Å². The summed E-state index contributed by atoms with van der Waals surface area (Å²) in [5, 5.41) is 9.12. The number of nitrogens with zero attached hydrogens (tertiary/aromatic N) is 4. The van der Waals surface area contributed by atoms with Gasteiger partial charge >= 0.3 is 5.97 Å². The molecule has 8 nitrogen and oxygen atoms in total. The molecule has 1 fully saturated rings. The number of carboxylic acid groups (broad SMARTS) is 1. The van der Waals surface area contributed by atoms with Gasteiger partial charge in [-0.25, -0.2) is 23.5 Å². The summed E-state index contributed by atoms with van der Waals surface area (Å²) in [6.07, 6.45) is 2.67. The van der Waals surface area contributed by atoms with E-state index in [2.05, 4.69) is 9.97 Å². The van der Waals surface area contributed by atoms with Gasteiger partial charge in [0.2, 0.25) is 5.43 Å². The highest BCUT2D eigenvalue weighted by molar-refractivity contribution is 5.92. The highest BCUT2D eigenvalue weighted by atomic mass is 35.5. The Morgan fingerprint density at radius 3 is 2.66 bits per heavy atom. The smallest absolute Gasteiger partial charge is 0.341 e. The van der Waals surface area contributed by atoms with E-state index in [-0.39, 0.29) is 41.1 Å².